The number of aryl methyl sites for hydroxylation is 1. The average Bonchev–Trinajstić information content (AvgIpc) is 3.04. The van der Waals surface area contributed by atoms with Gasteiger partial charge in [-0.2, -0.15) is 5.10 Å². The molecule has 0 spiro atoms. The van der Waals surface area contributed by atoms with Gasteiger partial charge in [-0.15, -0.1) is 0 Å². The molecule has 8 nitrogen and oxygen atoms in total. The summed E-state index contributed by atoms with van der Waals surface area (Å²) in [6, 6.07) is 0. The second-order valence-electron chi connectivity index (χ2n) is 5.05. The maximum atomic E-state index is 12.3. The van der Waals surface area contributed by atoms with Crippen LogP contribution in [0.25, 0.3) is 0 Å². The van der Waals surface area contributed by atoms with Gasteiger partial charge in [0.15, 0.2) is 0 Å². The monoisotopic (exact) mass is 281 g/mol. The normalized spacial score (nSPS) is 18.5. The number of carbonyl (C=O) groups is 1. The van der Waals surface area contributed by atoms with Gasteiger partial charge in [0.1, 0.15) is 5.69 Å². The lowest BCUT2D eigenvalue weighted by Gasteiger charge is -2.14. The molecule has 1 unspecified atom stereocenters. The SMILES string of the molecule is CCCc1[nH]nc(C(=O)N2CCC(CN)C2)c1[N+](=O)[O-]. The Bertz CT molecular complexity index is 513. The molecule has 2 rings (SSSR count). The highest BCUT2D eigenvalue weighted by molar-refractivity contribution is 5.96. The Morgan fingerprint density at radius 2 is 2.40 bits per heavy atom. The van der Waals surface area contributed by atoms with Gasteiger partial charge in [0.05, 0.1) is 4.92 Å². The summed E-state index contributed by atoms with van der Waals surface area (Å²) in [6.45, 7) is 3.56. The first-order valence-corrected chi connectivity index (χ1v) is 6.79. The molecule has 0 radical (unpaired) electrons. The summed E-state index contributed by atoms with van der Waals surface area (Å²) in [7, 11) is 0. The van der Waals surface area contributed by atoms with Gasteiger partial charge in [-0.1, -0.05) is 13.3 Å². The van der Waals surface area contributed by atoms with Crippen molar-refractivity contribution in [1.82, 2.24) is 15.1 Å². The molecule has 8 heteroatoms. The number of nitro groups is 1. The van der Waals surface area contributed by atoms with Crippen molar-refractivity contribution in [2.75, 3.05) is 19.6 Å². The van der Waals surface area contributed by atoms with Gasteiger partial charge in [-0.3, -0.25) is 20.0 Å². The summed E-state index contributed by atoms with van der Waals surface area (Å²) >= 11 is 0. The van der Waals surface area contributed by atoms with Gasteiger partial charge in [-0.05, 0) is 25.3 Å². The first-order valence-electron chi connectivity index (χ1n) is 6.79. The molecule has 3 N–H and O–H groups in total. The van der Waals surface area contributed by atoms with Crippen LogP contribution in [0.4, 0.5) is 5.69 Å². The van der Waals surface area contributed by atoms with Crippen molar-refractivity contribution in [3.63, 3.8) is 0 Å². The summed E-state index contributed by atoms with van der Waals surface area (Å²) in [5, 5.41) is 17.7. The molecule has 1 aromatic rings. The van der Waals surface area contributed by atoms with Gasteiger partial charge in [0, 0.05) is 13.1 Å². The molecule has 1 aromatic heterocycles. The quantitative estimate of drug-likeness (QED) is 0.608. The molecule has 1 aliphatic heterocycles. The largest absolute Gasteiger partial charge is 0.337 e. The Kier molecular flexibility index (Phi) is 4.33. The van der Waals surface area contributed by atoms with Crippen LogP contribution in [0.3, 0.4) is 0 Å². The van der Waals surface area contributed by atoms with Crippen molar-refractivity contribution in [1.29, 1.82) is 0 Å². The number of carbonyl (C=O) groups excluding carboxylic acids is 1. The molecule has 0 aliphatic carbocycles. The lowest BCUT2D eigenvalue weighted by Crippen LogP contribution is -2.30. The van der Waals surface area contributed by atoms with E-state index in [1.807, 2.05) is 6.92 Å². The van der Waals surface area contributed by atoms with Gasteiger partial charge >= 0.3 is 5.69 Å². The molecule has 0 aromatic carbocycles. The average molecular weight is 281 g/mol. The predicted octanol–water partition coefficient (Wildman–Crippen LogP) is 0.691. The van der Waals surface area contributed by atoms with E-state index in [4.69, 9.17) is 5.73 Å². The van der Waals surface area contributed by atoms with Crippen molar-refractivity contribution in [2.24, 2.45) is 11.7 Å². The van der Waals surface area contributed by atoms with Gasteiger partial charge in [-0.25, -0.2) is 0 Å². The fourth-order valence-corrected chi connectivity index (χ4v) is 2.50. The van der Waals surface area contributed by atoms with Crippen LogP contribution in [0.1, 0.15) is 35.9 Å². The molecule has 0 bridgehead atoms. The number of nitrogens with two attached hydrogens (primary N) is 1. The van der Waals surface area contributed by atoms with E-state index in [1.54, 1.807) is 4.90 Å². The lowest BCUT2D eigenvalue weighted by atomic mass is 10.1. The second kappa shape index (κ2) is 6.00. The summed E-state index contributed by atoms with van der Waals surface area (Å²) < 4.78 is 0. The summed E-state index contributed by atoms with van der Waals surface area (Å²) in [5.74, 6) is -0.113. The van der Waals surface area contributed by atoms with Crippen LogP contribution in [0.15, 0.2) is 0 Å². The fourth-order valence-electron chi connectivity index (χ4n) is 2.50. The second-order valence-corrected chi connectivity index (χ2v) is 5.05. The number of hydrogen-bond donors (Lipinski definition) is 2. The number of hydrogen-bond acceptors (Lipinski definition) is 5. The number of aromatic amines is 1. The van der Waals surface area contributed by atoms with Gasteiger partial charge < -0.3 is 10.6 Å². The Morgan fingerprint density at radius 1 is 1.65 bits per heavy atom. The minimum atomic E-state index is -0.530. The van der Waals surface area contributed by atoms with E-state index in [0.29, 0.717) is 31.7 Å². The Morgan fingerprint density at radius 3 is 2.95 bits per heavy atom. The molecule has 2 heterocycles. The van der Waals surface area contributed by atoms with Crippen LogP contribution in [0.2, 0.25) is 0 Å². The number of nitrogens with one attached hydrogen (secondary N) is 1. The highest BCUT2D eigenvalue weighted by atomic mass is 16.6. The standard InChI is InChI=1S/C12H19N5O3/c1-2-3-9-11(17(19)20)10(15-14-9)12(18)16-5-4-8(6-13)7-16/h8H,2-7,13H2,1H3,(H,14,15). The minimum absolute atomic E-state index is 0.0869. The van der Waals surface area contributed by atoms with Crippen molar-refractivity contribution >= 4 is 11.6 Å². The number of nitrogens with zero attached hydrogens (tertiary/aromatic N) is 3. The van der Waals surface area contributed by atoms with E-state index < -0.39 is 4.92 Å². The number of likely N-dealkylation sites (tertiary alicyclic amines) is 1. The smallest absolute Gasteiger partial charge is 0.322 e. The zero-order chi connectivity index (χ0) is 14.7. The van der Waals surface area contributed by atoms with E-state index in [0.717, 1.165) is 12.8 Å². The molecule has 110 valence electrons. The highest BCUT2D eigenvalue weighted by Gasteiger charge is 2.34. The first-order chi connectivity index (χ1) is 9.58. The number of aromatic nitrogens is 2. The Hall–Kier alpha value is -1.96. The van der Waals surface area contributed by atoms with Crippen LogP contribution >= 0.6 is 0 Å². The summed E-state index contributed by atoms with van der Waals surface area (Å²) in [6.07, 6.45) is 2.08. The van der Waals surface area contributed by atoms with Crippen molar-refractivity contribution in [3.05, 3.63) is 21.5 Å². The minimum Gasteiger partial charge on any atom is -0.337 e. The van der Waals surface area contributed by atoms with Crippen LogP contribution in [-0.4, -0.2) is 45.6 Å². The molecule has 0 saturated carbocycles. The van der Waals surface area contributed by atoms with Crippen LogP contribution in [0.5, 0.6) is 0 Å². The fraction of sp³-hybridized carbons (Fsp3) is 0.667. The maximum absolute atomic E-state index is 12.3. The van der Waals surface area contributed by atoms with E-state index in [2.05, 4.69) is 10.2 Å². The Balaban J connectivity index is 2.24. The molecular formula is C12H19N5O3. The van der Waals surface area contributed by atoms with Crippen LogP contribution in [-0.2, 0) is 6.42 Å². The van der Waals surface area contributed by atoms with Gasteiger partial charge in [0.25, 0.3) is 5.91 Å². The van der Waals surface area contributed by atoms with Crippen molar-refractivity contribution < 1.29 is 9.72 Å². The molecule has 1 saturated heterocycles. The highest BCUT2D eigenvalue weighted by Crippen LogP contribution is 2.25. The number of H-pyrrole nitrogens is 1. The molecular weight excluding hydrogens is 262 g/mol. The van der Waals surface area contributed by atoms with Crippen molar-refractivity contribution in [3.8, 4) is 0 Å². The molecule has 1 fully saturated rings. The van der Waals surface area contributed by atoms with E-state index in [-0.39, 0.29) is 23.2 Å². The van der Waals surface area contributed by atoms with Crippen LogP contribution in [0, 0.1) is 16.0 Å². The zero-order valence-corrected chi connectivity index (χ0v) is 11.5. The molecule has 1 amide bonds. The van der Waals surface area contributed by atoms with Crippen LogP contribution < -0.4 is 5.73 Å². The molecule has 1 aliphatic rings. The molecule has 1 atom stereocenters. The molecule has 20 heavy (non-hydrogen) atoms. The number of amides is 1. The first kappa shape index (κ1) is 14.4. The topological polar surface area (TPSA) is 118 Å². The summed E-state index contributed by atoms with van der Waals surface area (Å²) in [5.41, 5.74) is 5.73. The maximum Gasteiger partial charge on any atom is 0.322 e. The van der Waals surface area contributed by atoms with E-state index >= 15 is 0 Å². The third-order valence-electron chi connectivity index (χ3n) is 3.60. The van der Waals surface area contributed by atoms with E-state index in [1.165, 1.54) is 0 Å². The predicted molar refractivity (Wildman–Crippen MR) is 72.3 cm³/mol. The van der Waals surface area contributed by atoms with Gasteiger partial charge in [0.2, 0.25) is 5.69 Å². The van der Waals surface area contributed by atoms with Crippen molar-refractivity contribution in [2.45, 2.75) is 26.2 Å². The number of rotatable bonds is 5. The van der Waals surface area contributed by atoms with E-state index in [9.17, 15) is 14.9 Å². The summed E-state index contributed by atoms with van der Waals surface area (Å²) in [4.78, 5) is 24.6. The Labute approximate surface area is 116 Å². The zero-order valence-electron chi connectivity index (χ0n) is 11.5. The third kappa shape index (κ3) is 2.64. The third-order valence-corrected chi connectivity index (χ3v) is 3.60. The lowest BCUT2D eigenvalue weighted by molar-refractivity contribution is -0.385.